The van der Waals surface area contributed by atoms with Gasteiger partial charge >= 0.3 is 0 Å². The summed E-state index contributed by atoms with van der Waals surface area (Å²) >= 11 is 0. The van der Waals surface area contributed by atoms with Gasteiger partial charge in [-0.1, -0.05) is 127 Å². The maximum atomic E-state index is 5.73. The van der Waals surface area contributed by atoms with Crippen molar-refractivity contribution in [2.45, 2.75) is 0 Å². The zero-order valence-electron chi connectivity index (χ0n) is 33.7. The molecule has 0 radical (unpaired) electrons. The average molecular weight is 793 g/mol. The lowest BCUT2D eigenvalue weighted by atomic mass is 10.1. The average Bonchev–Trinajstić information content (AvgIpc) is 4.12. The van der Waals surface area contributed by atoms with Gasteiger partial charge < -0.3 is 18.3 Å². The number of para-hydroxylation sites is 7. The SMILES string of the molecule is Cn1c(-n2c3ccccc3c3ccc4c(c5ccccc5n4-c4ccccc4)c32)nc2c(-n3c4ccccc4c4c3ccc3c5ccccc5n(-c5ccccc5)c34)cccc21. The maximum Gasteiger partial charge on any atom is 0.215 e. The molecule has 0 aliphatic rings. The van der Waals surface area contributed by atoms with Crippen LogP contribution in [0.4, 0.5) is 0 Å². The molecule has 5 heterocycles. The zero-order valence-corrected chi connectivity index (χ0v) is 33.7. The van der Waals surface area contributed by atoms with Crippen LogP contribution in [-0.2, 0) is 7.05 Å². The summed E-state index contributed by atoms with van der Waals surface area (Å²) in [6.45, 7) is 0. The second-order valence-corrected chi connectivity index (χ2v) is 16.4. The van der Waals surface area contributed by atoms with E-state index in [2.05, 4.69) is 230 Å². The molecule has 5 aromatic heterocycles. The van der Waals surface area contributed by atoms with E-state index in [1.807, 2.05) is 0 Å². The number of hydrogen-bond acceptors (Lipinski definition) is 1. The first kappa shape index (κ1) is 33.5. The van der Waals surface area contributed by atoms with Crippen LogP contribution in [0, 0.1) is 0 Å². The number of imidazole rings is 1. The van der Waals surface area contributed by atoms with Crippen molar-refractivity contribution in [1.82, 2.24) is 27.8 Å². The van der Waals surface area contributed by atoms with E-state index in [1.165, 1.54) is 59.6 Å². The van der Waals surface area contributed by atoms with E-state index < -0.39 is 0 Å². The largest absolute Gasteiger partial charge is 0.313 e. The van der Waals surface area contributed by atoms with Crippen LogP contribution in [0.1, 0.15) is 0 Å². The van der Waals surface area contributed by atoms with Crippen LogP contribution < -0.4 is 0 Å². The third kappa shape index (κ3) is 4.29. The zero-order chi connectivity index (χ0) is 40.6. The van der Waals surface area contributed by atoms with Crippen LogP contribution in [0.25, 0.3) is 121 Å². The summed E-state index contributed by atoms with van der Waals surface area (Å²) in [6.07, 6.45) is 0. The molecule has 0 bridgehead atoms. The van der Waals surface area contributed by atoms with Gasteiger partial charge in [0.2, 0.25) is 5.95 Å². The topological polar surface area (TPSA) is 37.5 Å². The second-order valence-electron chi connectivity index (χ2n) is 16.4. The first-order valence-electron chi connectivity index (χ1n) is 21.2. The highest BCUT2D eigenvalue weighted by Gasteiger charge is 2.26. The molecule has 0 atom stereocenters. The molecule has 62 heavy (non-hydrogen) atoms. The van der Waals surface area contributed by atoms with Crippen LogP contribution in [0.15, 0.2) is 200 Å². The summed E-state index contributed by atoms with van der Waals surface area (Å²) in [4.78, 5) is 5.73. The summed E-state index contributed by atoms with van der Waals surface area (Å²) in [7, 11) is 2.16. The molecule has 0 unspecified atom stereocenters. The lowest BCUT2D eigenvalue weighted by Crippen LogP contribution is -2.03. The van der Waals surface area contributed by atoms with Crippen LogP contribution in [-0.4, -0.2) is 27.8 Å². The molecule has 0 N–H and O–H groups in total. The Kier molecular flexibility index (Phi) is 6.67. The summed E-state index contributed by atoms with van der Waals surface area (Å²) in [5.74, 6) is 0.870. The van der Waals surface area contributed by atoms with Gasteiger partial charge in [0.15, 0.2) is 0 Å². The van der Waals surface area contributed by atoms with Crippen LogP contribution >= 0.6 is 0 Å². The minimum Gasteiger partial charge on any atom is -0.313 e. The standard InChI is InChI=1S/C56H36N6/c1-58-49-29-16-30-50(61-46-28-15-11-24-42(46)52-48(61)34-32-39-37-21-8-12-25-43(37)60(54(39)52)36-19-6-3-7-20-36)53(49)57-56(58)62-44-26-13-9-22-38(44)40-31-33-47-51(55(40)62)41-23-10-14-27-45(41)59(47)35-17-4-2-5-18-35/h2-34H,1H3. The number of aryl methyl sites for hydroxylation is 1. The summed E-state index contributed by atoms with van der Waals surface area (Å²) < 4.78 is 12.0. The number of nitrogens with zero attached hydrogens (tertiary/aromatic N) is 6. The lowest BCUT2D eigenvalue weighted by molar-refractivity contribution is 0.871. The van der Waals surface area contributed by atoms with Crippen molar-refractivity contribution < 1.29 is 0 Å². The fourth-order valence-corrected chi connectivity index (χ4v) is 10.8. The monoisotopic (exact) mass is 792 g/mol. The lowest BCUT2D eigenvalue weighted by Gasteiger charge is -2.10. The van der Waals surface area contributed by atoms with E-state index in [0.29, 0.717) is 0 Å². The molecule has 14 aromatic rings. The molecule has 0 spiro atoms. The number of rotatable bonds is 4. The van der Waals surface area contributed by atoms with Gasteiger partial charge in [-0.2, -0.15) is 0 Å². The Morgan fingerprint density at radius 3 is 1.34 bits per heavy atom. The van der Waals surface area contributed by atoms with Gasteiger partial charge in [0.25, 0.3) is 0 Å². The molecule has 0 aliphatic heterocycles. The third-order valence-electron chi connectivity index (χ3n) is 13.3. The predicted octanol–water partition coefficient (Wildman–Crippen LogP) is 14.0. The minimum atomic E-state index is 0.870. The van der Waals surface area contributed by atoms with E-state index in [-0.39, 0.29) is 0 Å². The van der Waals surface area contributed by atoms with E-state index in [4.69, 9.17) is 4.98 Å². The second kappa shape index (κ2) is 12.3. The smallest absolute Gasteiger partial charge is 0.215 e. The molecule has 9 aromatic carbocycles. The van der Waals surface area contributed by atoms with Gasteiger partial charge in [0.05, 0.1) is 55.3 Å². The first-order chi connectivity index (χ1) is 30.7. The van der Waals surface area contributed by atoms with Gasteiger partial charge in [-0.25, -0.2) is 4.98 Å². The van der Waals surface area contributed by atoms with Crippen molar-refractivity contribution in [2.75, 3.05) is 0 Å². The summed E-state index contributed by atoms with van der Waals surface area (Å²) in [5.41, 5.74) is 14.7. The number of fused-ring (bicyclic) bond motifs is 15. The number of benzene rings is 9. The maximum absolute atomic E-state index is 5.73. The van der Waals surface area contributed by atoms with Crippen LogP contribution in [0.3, 0.4) is 0 Å². The molecule has 0 fully saturated rings. The third-order valence-corrected chi connectivity index (χ3v) is 13.3. The van der Waals surface area contributed by atoms with Crippen LogP contribution in [0.5, 0.6) is 0 Å². The molecule has 0 aliphatic carbocycles. The molecule has 0 saturated carbocycles. The minimum absolute atomic E-state index is 0.870. The quantitative estimate of drug-likeness (QED) is 0.175. The molecule has 290 valence electrons. The Bertz CT molecular complexity index is 4160. The Labute approximate surface area is 354 Å². The molecule has 0 amide bonds. The normalized spacial score (nSPS) is 12.3. The Hall–Kier alpha value is -8.35. The predicted molar refractivity (Wildman–Crippen MR) is 258 cm³/mol. The number of hydrogen-bond donors (Lipinski definition) is 0. The van der Waals surface area contributed by atoms with Crippen molar-refractivity contribution in [3.05, 3.63) is 200 Å². The molecular weight excluding hydrogens is 757 g/mol. The highest BCUT2D eigenvalue weighted by atomic mass is 15.2. The number of aromatic nitrogens is 6. The van der Waals surface area contributed by atoms with Gasteiger partial charge in [0.1, 0.15) is 5.52 Å². The van der Waals surface area contributed by atoms with Gasteiger partial charge in [-0.15, -0.1) is 0 Å². The van der Waals surface area contributed by atoms with Gasteiger partial charge in [-0.05, 0) is 72.8 Å². The molecule has 0 saturated heterocycles. The van der Waals surface area contributed by atoms with Crippen molar-refractivity contribution in [2.24, 2.45) is 7.05 Å². The highest BCUT2D eigenvalue weighted by molar-refractivity contribution is 6.28. The first-order valence-corrected chi connectivity index (χ1v) is 21.2. The molecule has 14 rings (SSSR count). The fraction of sp³-hybridized carbons (Fsp3) is 0.0179. The molecule has 6 heteroatoms. The van der Waals surface area contributed by atoms with E-state index >= 15 is 0 Å². The van der Waals surface area contributed by atoms with Gasteiger partial charge in [-0.3, -0.25) is 4.57 Å². The van der Waals surface area contributed by atoms with Crippen molar-refractivity contribution in [1.29, 1.82) is 0 Å². The molecular formula is C56H36N6. The van der Waals surface area contributed by atoms with Crippen LogP contribution in [0.2, 0.25) is 0 Å². The summed E-state index contributed by atoms with van der Waals surface area (Å²) in [6, 6.07) is 72.5. The Morgan fingerprint density at radius 1 is 0.306 bits per heavy atom. The van der Waals surface area contributed by atoms with Gasteiger partial charge in [0, 0.05) is 61.5 Å². The highest BCUT2D eigenvalue weighted by Crippen LogP contribution is 2.45. The Balaban J connectivity index is 1.09. The van der Waals surface area contributed by atoms with E-state index in [0.717, 1.165) is 61.6 Å². The van der Waals surface area contributed by atoms with E-state index in [1.54, 1.807) is 0 Å². The van der Waals surface area contributed by atoms with Crippen molar-refractivity contribution >= 4 is 98.3 Å². The van der Waals surface area contributed by atoms with E-state index in [9.17, 15) is 0 Å². The summed E-state index contributed by atoms with van der Waals surface area (Å²) in [5, 5.41) is 9.76. The fourth-order valence-electron chi connectivity index (χ4n) is 10.8. The Morgan fingerprint density at radius 2 is 0.742 bits per heavy atom. The van der Waals surface area contributed by atoms with Crippen molar-refractivity contribution in [3.63, 3.8) is 0 Å². The molecule has 6 nitrogen and oxygen atoms in total. The van der Waals surface area contributed by atoms with Crippen molar-refractivity contribution in [3.8, 4) is 23.0 Å².